The minimum atomic E-state index is -0.452. The van der Waals surface area contributed by atoms with Gasteiger partial charge in [0.25, 0.3) is 5.69 Å². The van der Waals surface area contributed by atoms with E-state index in [2.05, 4.69) is 21.2 Å². The maximum Gasteiger partial charge on any atom is 0.292 e. The normalized spacial score (nSPS) is 10.3. The molecule has 0 unspecified atom stereocenters. The van der Waals surface area contributed by atoms with E-state index < -0.39 is 4.92 Å². The Morgan fingerprint density at radius 1 is 1.35 bits per heavy atom. The predicted octanol–water partition coefficient (Wildman–Crippen LogP) is 4.42. The van der Waals surface area contributed by atoms with Crippen LogP contribution in [-0.4, -0.2) is 4.92 Å². The predicted molar refractivity (Wildman–Crippen MR) is 79.3 cm³/mol. The third kappa shape index (κ3) is 3.14. The van der Waals surface area contributed by atoms with Crippen molar-refractivity contribution in [1.82, 2.24) is 0 Å². The lowest BCUT2D eigenvalue weighted by atomic mass is 10.1. The van der Waals surface area contributed by atoms with Gasteiger partial charge in [0, 0.05) is 22.6 Å². The number of nitro benzene ring substituents is 1. The average molecular weight is 339 g/mol. The molecule has 0 fully saturated rings. The van der Waals surface area contributed by atoms with Crippen molar-refractivity contribution < 1.29 is 9.31 Å². The number of benzene rings is 2. The highest BCUT2D eigenvalue weighted by Crippen LogP contribution is 2.28. The fraction of sp³-hybridized carbons (Fsp3) is 0.143. The fourth-order valence-corrected chi connectivity index (χ4v) is 2.31. The van der Waals surface area contributed by atoms with E-state index >= 15 is 0 Å². The van der Waals surface area contributed by atoms with Crippen LogP contribution in [0.15, 0.2) is 40.9 Å². The third-order valence-electron chi connectivity index (χ3n) is 2.91. The maximum absolute atomic E-state index is 13.6. The van der Waals surface area contributed by atoms with Gasteiger partial charge in [-0.3, -0.25) is 10.1 Å². The lowest BCUT2D eigenvalue weighted by molar-refractivity contribution is -0.384. The molecule has 0 atom stereocenters. The summed E-state index contributed by atoms with van der Waals surface area (Å²) < 4.78 is 14.4. The molecule has 0 radical (unpaired) electrons. The molecule has 2 rings (SSSR count). The molecule has 0 heterocycles. The number of hydrogen-bond acceptors (Lipinski definition) is 3. The molecule has 0 aliphatic carbocycles. The molecule has 20 heavy (non-hydrogen) atoms. The van der Waals surface area contributed by atoms with Crippen molar-refractivity contribution in [1.29, 1.82) is 0 Å². The summed E-state index contributed by atoms with van der Waals surface area (Å²) in [4.78, 5) is 10.5. The van der Waals surface area contributed by atoms with Crippen LogP contribution in [0.1, 0.15) is 11.1 Å². The number of halogens is 2. The first-order valence-corrected chi connectivity index (χ1v) is 6.70. The molecule has 104 valence electrons. The molecular weight excluding hydrogens is 327 g/mol. The van der Waals surface area contributed by atoms with Gasteiger partial charge < -0.3 is 5.32 Å². The lowest BCUT2D eigenvalue weighted by Gasteiger charge is -2.10. The van der Waals surface area contributed by atoms with Crippen molar-refractivity contribution in [3.8, 4) is 0 Å². The van der Waals surface area contributed by atoms with Crippen LogP contribution in [0, 0.1) is 22.9 Å². The van der Waals surface area contributed by atoms with E-state index in [9.17, 15) is 14.5 Å². The minimum Gasteiger partial charge on any atom is -0.375 e. The summed E-state index contributed by atoms with van der Waals surface area (Å²) in [6.45, 7) is 1.95. The van der Waals surface area contributed by atoms with Gasteiger partial charge in [-0.25, -0.2) is 4.39 Å². The summed E-state index contributed by atoms with van der Waals surface area (Å²) in [6.07, 6.45) is 0. The Bertz CT molecular complexity index is 662. The second kappa shape index (κ2) is 6.00. The number of para-hydroxylation sites is 1. The SMILES string of the molecule is Cc1cccc([N+](=O)[O-])c1NCc1cc(Br)ccc1F. The van der Waals surface area contributed by atoms with Gasteiger partial charge in [0.2, 0.25) is 0 Å². The van der Waals surface area contributed by atoms with Crippen LogP contribution >= 0.6 is 15.9 Å². The Morgan fingerprint density at radius 2 is 2.10 bits per heavy atom. The van der Waals surface area contributed by atoms with Crippen LogP contribution in [0.2, 0.25) is 0 Å². The Kier molecular flexibility index (Phi) is 4.34. The number of aryl methyl sites for hydroxylation is 1. The molecule has 4 nitrogen and oxygen atoms in total. The van der Waals surface area contributed by atoms with E-state index in [4.69, 9.17) is 0 Å². The van der Waals surface area contributed by atoms with Gasteiger partial charge in [0.1, 0.15) is 11.5 Å². The zero-order chi connectivity index (χ0) is 14.7. The average Bonchev–Trinajstić information content (AvgIpc) is 2.40. The van der Waals surface area contributed by atoms with E-state index in [0.717, 1.165) is 10.0 Å². The Hall–Kier alpha value is -1.95. The monoisotopic (exact) mass is 338 g/mol. The summed E-state index contributed by atoms with van der Waals surface area (Å²) in [5.74, 6) is -0.350. The third-order valence-corrected chi connectivity index (χ3v) is 3.40. The number of anilines is 1. The standard InChI is InChI=1S/C14H12BrFN2O2/c1-9-3-2-4-13(18(19)20)14(9)17-8-10-7-11(15)5-6-12(10)16/h2-7,17H,8H2,1H3. The summed E-state index contributed by atoms with van der Waals surface area (Å²) >= 11 is 3.27. The van der Waals surface area contributed by atoms with E-state index in [1.54, 1.807) is 31.2 Å². The first-order chi connectivity index (χ1) is 9.49. The van der Waals surface area contributed by atoms with Crippen LogP contribution in [-0.2, 0) is 6.54 Å². The number of nitrogens with one attached hydrogen (secondary N) is 1. The highest BCUT2D eigenvalue weighted by atomic mass is 79.9. The zero-order valence-electron chi connectivity index (χ0n) is 10.7. The molecule has 1 N–H and O–H groups in total. The Balaban J connectivity index is 2.27. The van der Waals surface area contributed by atoms with Gasteiger partial charge in [-0.2, -0.15) is 0 Å². The summed E-state index contributed by atoms with van der Waals surface area (Å²) in [6, 6.07) is 9.42. The largest absolute Gasteiger partial charge is 0.375 e. The van der Waals surface area contributed by atoms with Gasteiger partial charge in [0.15, 0.2) is 0 Å². The molecule has 0 spiro atoms. The highest BCUT2D eigenvalue weighted by Gasteiger charge is 2.15. The highest BCUT2D eigenvalue weighted by molar-refractivity contribution is 9.10. The van der Waals surface area contributed by atoms with Crippen LogP contribution in [0.25, 0.3) is 0 Å². The van der Waals surface area contributed by atoms with Crippen molar-refractivity contribution in [2.45, 2.75) is 13.5 Å². The van der Waals surface area contributed by atoms with Crippen LogP contribution < -0.4 is 5.32 Å². The van der Waals surface area contributed by atoms with Crippen molar-refractivity contribution in [2.75, 3.05) is 5.32 Å². The molecule has 0 bridgehead atoms. The second-order valence-corrected chi connectivity index (χ2v) is 5.23. The Labute approximate surface area is 123 Å². The number of hydrogen-bond donors (Lipinski definition) is 1. The van der Waals surface area contributed by atoms with Gasteiger partial charge in [-0.15, -0.1) is 0 Å². The summed E-state index contributed by atoms with van der Waals surface area (Å²) in [5, 5.41) is 13.9. The molecule has 0 saturated heterocycles. The van der Waals surface area contributed by atoms with Crippen molar-refractivity contribution in [2.24, 2.45) is 0 Å². The smallest absolute Gasteiger partial charge is 0.292 e. The molecule has 0 aliphatic heterocycles. The van der Waals surface area contributed by atoms with Crippen molar-refractivity contribution >= 4 is 27.3 Å². The molecule has 2 aromatic rings. The molecule has 2 aromatic carbocycles. The second-order valence-electron chi connectivity index (χ2n) is 4.32. The van der Waals surface area contributed by atoms with Gasteiger partial charge in [0.05, 0.1) is 4.92 Å². The first kappa shape index (κ1) is 14.5. The lowest BCUT2D eigenvalue weighted by Crippen LogP contribution is -2.05. The first-order valence-electron chi connectivity index (χ1n) is 5.91. The topological polar surface area (TPSA) is 55.2 Å². The molecular formula is C14H12BrFN2O2. The van der Waals surface area contributed by atoms with E-state index in [0.29, 0.717) is 11.3 Å². The van der Waals surface area contributed by atoms with Crippen LogP contribution in [0.4, 0.5) is 15.8 Å². The fourth-order valence-electron chi connectivity index (χ4n) is 1.90. The number of nitrogens with zero attached hydrogens (tertiary/aromatic N) is 1. The van der Waals surface area contributed by atoms with Crippen molar-refractivity contribution in [3.63, 3.8) is 0 Å². The van der Waals surface area contributed by atoms with Gasteiger partial charge >= 0.3 is 0 Å². The van der Waals surface area contributed by atoms with E-state index in [1.807, 2.05) is 0 Å². The molecule has 0 aromatic heterocycles. The van der Waals surface area contributed by atoms with Crippen LogP contribution in [0.5, 0.6) is 0 Å². The van der Waals surface area contributed by atoms with E-state index in [-0.39, 0.29) is 18.0 Å². The summed E-state index contributed by atoms with van der Waals surface area (Å²) in [5.41, 5.74) is 1.59. The van der Waals surface area contributed by atoms with Gasteiger partial charge in [-0.1, -0.05) is 28.1 Å². The molecule has 0 aliphatic rings. The van der Waals surface area contributed by atoms with Crippen LogP contribution in [0.3, 0.4) is 0 Å². The maximum atomic E-state index is 13.6. The number of nitro groups is 1. The molecule has 6 heteroatoms. The summed E-state index contributed by atoms with van der Waals surface area (Å²) in [7, 11) is 0. The zero-order valence-corrected chi connectivity index (χ0v) is 12.3. The van der Waals surface area contributed by atoms with Crippen molar-refractivity contribution in [3.05, 3.63) is 67.9 Å². The molecule has 0 saturated carbocycles. The Morgan fingerprint density at radius 3 is 2.80 bits per heavy atom. The quantitative estimate of drug-likeness (QED) is 0.663. The van der Waals surface area contributed by atoms with Gasteiger partial charge in [-0.05, 0) is 30.7 Å². The van der Waals surface area contributed by atoms with E-state index in [1.165, 1.54) is 12.1 Å². The minimum absolute atomic E-state index is 0.0135. The molecule has 0 amide bonds. The number of rotatable bonds is 4.